The van der Waals surface area contributed by atoms with Crippen molar-refractivity contribution >= 4 is 0 Å². The summed E-state index contributed by atoms with van der Waals surface area (Å²) in [5, 5.41) is 0. The van der Waals surface area contributed by atoms with Crippen LogP contribution >= 0.6 is 0 Å². The van der Waals surface area contributed by atoms with Gasteiger partial charge in [0.25, 0.3) is 0 Å². The molecule has 0 radical (unpaired) electrons. The van der Waals surface area contributed by atoms with Crippen molar-refractivity contribution in [1.29, 1.82) is 0 Å². The highest BCUT2D eigenvalue weighted by atomic mass is 14.4. The summed E-state index contributed by atoms with van der Waals surface area (Å²) in [7, 11) is 0. The van der Waals surface area contributed by atoms with E-state index in [1.165, 1.54) is 36.8 Å². The minimum Gasteiger partial charge on any atom is -0.0473 e. The molecule has 2 aliphatic carbocycles. The summed E-state index contributed by atoms with van der Waals surface area (Å²) >= 11 is 0. The normalized spacial score (nSPS) is 29.9. The molecule has 3 rings (SSSR count). The molecule has 2 atom stereocenters. The third-order valence-corrected chi connectivity index (χ3v) is 3.96. The molecule has 0 spiro atoms. The largest absolute Gasteiger partial charge is 0.133 e. The maximum atomic E-state index is 2.31. The van der Waals surface area contributed by atoms with Crippen LogP contribution in [0.5, 0.6) is 0 Å². The quantitative estimate of drug-likeness (QED) is 0.585. The highest BCUT2D eigenvalue weighted by molar-refractivity contribution is 5.36. The number of hydrogen-bond acceptors (Lipinski definition) is 0. The Morgan fingerprint density at radius 3 is 2.50 bits per heavy atom. The maximum Gasteiger partial charge on any atom is 0.133 e. The number of aryl methyl sites for hydroxylation is 1. The van der Waals surface area contributed by atoms with Gasteiger partial charge in [0.15, 0.2) is 0 Å². The fourth-order valence-corrected chi connectivity index (χ4v) is 3.18. The standard InChI is InChI=1S/C14H17/c1-10-2-5-12(6-3-10)14-9-11-4-7-13(14)8-11/h2-3,5-6,11,13H,4,7-9H2,1H3/q+1. The third kappa shape index (κ3) is 1.25. The highest BCUT2D eigenvalue weighted by Gasteiger charge is 2.44. The van der Waals surface area contributed by atoms with E-state index in [4.69, 9.17) is 0 Å². The first-order valence-electron chi connectivity index (χ1n) is 5.75. The van der Waals surface area contributed by atoms with E-state index < -0.39 is 0 Å². The molecule has 0 nitrogen and oxygen atoms in total. The number of benzene rings is 1. The third-order valence-electron chi connectivity index (χ3n) is 3.96. The van der Waals surface area contributed by atoms with E-state index in [0.29, 0.717) is 0 Å². The molecule has 0 heteroatoms. The summed E-state index contributed by atoms with van der Waals surface area (Å²) in [6.45, 7) is 2.16. The molecule has 72 valence electrons. The lowest BCUT2D eigenvalue weighted by Crippen LogP contribution is -2.09. The lowest BCUT2D eigenvalue weighted by Gasteiger charge is -2.15. The smallest absolute Gasteiger partial charge is 0.0473 e. The van der Waals surface area contributed by atoms with Crippen LogP contribution in [0.2, 0.25) is 0 Å². The molecule has 2 bridgehead atoms. The first-order chi connectivity index (χ1) is 6.83. The molecule has 0 saturated heterocycles. The van der Waals surface area contributed by atoms with E-state index in [9.17, 15) is 0 Å². The van der Waals surface area contributed by atoms with Gasteiger partial charge in [-0.3, -0.25) is 0 Å². The van der Waals surface area contributed by atoms with Gasteiger partial charge in [-0.2, -0.15) is 0 Å². The van der Waals surface area contributed by atoms with E-state index in [2.05, 4.69) is 31.2 Å². The van der Waals surface area contributed by atoms with E-state index in [0.717, 1.165) is 11.8 Å². The predicted octanol–water partition coefficient (Wildman–Crippen LogP) is 3.74. The Labute approximate surface area is 86.3 Å². The molecule has 2 saturated carbocycles. The van der Waals surface area contributed by atoms with Crippen molar-refractivity contribution in [3.63, 3.8) is 0 Å². The maximum absolute atomic E-state index is 2.31. The summed E-state index contributed by atoms with van der Waals surface area (Å²) in [5.41, 5.74) is 2.89. The Bertz CT molecular complexity index is 322. The number of fused-ring (bicyclic) bond motifs is 2. The van der Waals surface area contributed by atoms with Crippen LogP contribution in [0.1, 0.15) is 36.8 Å². The van der Waals surface area contributed by atoms with E-state index >= 15 is 0 Å². The van der Waals surface area contributed by atoms with Gasteiger partial charge in [0.05, 0.1) is 0 Å². The molecule has 1 aromatic carbocycles. The monoisotopic (exact) mass is 185 g/mol. The second kappa shape index (κ2) is 3.05. The Morgan fingerprint density at radius 2 is 1.93 bits per heavy atom. The van der Waals surface area contributed by atoms with Gasteiger partial charge in [-0.25, -0.2) is 0 Å². The average molecular weight is 185 g/mol. The number of rotatable bonds is 1. The molecule has 0 N–H and O–H groups in total. The van der Waals surface area contributed by atoms with Crippen LogP contribution < -0.4 is 0 Å². The van der Waals surface area contributed by atoms with Gasteiger partial charge in [0, 0.05) is 30.4 Å². The first-order valence-corrected chi connectivity index (χ1v) is 5.75. The average Bonchev–Trinajstić information content (AvgIpc) is 2.80. The molecule has 0 heterocycles. The SMILES string of the molecule is Cc1ccc([C+]2CC3CCC2C3)cc1. The van der Waals surface area contributed by atoms with Crippen molar-refractivity contribution in [1.82, 2.24) is 0 Å². The van der Waals surface area contributed by atoms with Crippen LogP contribution in [0.3, 0.4) is 0 Å². The summed E-state index contributed by atoms with van der Waals surface area (Å²) in [6.07, 6.45) is 5.80. The fourth-order valence-electron chi connectivity index (χ4n) is 3.18. The summed E-state index contributed by atoms with van der Waals surface area (Å²) in [6, 6.07) is 9.11. The van der Waals surface area contributed by atoms with Gasteiger partial charge in [-0.05, 0) is 49.8 Å². The topological polar surface area (TPSA) is 0 Å². The van der Waals surface area contributed by atoms with Crippen LogP contribution in [0, 0.1) is 24.7 Å². The fraction of sp³-hybridized carbons (Fsp3) is 0.500. The molecule has 0 amide bonds. The summed E-state index contributed by atoms with van der Waals surface area (Å²) < 4.78 is 0. The molecule has 0 aromatic heterocycles. The molecule has 2 fully saturated rings. The van der Waals surface area contributed by atoms with Gasteiger partial charge in [0.1, 0.15) is 5.56 Å². The van der Waals surface area contributed by atoms with Crippen molar-refractivity contribution < 1.29 is 0 Å². The van der Waals surface area contributed by atoms with Gasteiger partial charge < -0.3 is 0 Å². The second-order valence-corrected chi connectivity index (χ2v) is 4.97. The summed E-state index contributed by atoms with van der Waals surface area (Å²) in [5.74, 6) is 3.71. The zero-order valence-electron chi connectivity index (χ0n) is 8.79. The minimum absolute atomic E-state index is 0.933. The second-order valence-electron chi connectivity index (χ2n) is 4.97. The van der Waals surface area contributed by atoms with Gasteiger partial charge in [-0.15, -0.1) is 0 Å². The Kier molecular flexibility index (Phi) is 1.83. The minimum atomic E-state index is 0.933. The van der Waals surface area contributed by atoms with Gasteiger partial charge in [0.2, 0.25) is 0 Å². The Morgan fingerprint density at radius 1 is 1.14 bits per heavy atom. The Balaban J connectivity index is 1.86. The lowest BCUT2D eigenvalue weighted by molar-refractivity contribution is 0.525. The van der Waals surface area contributed by atoms with Crippen LogP contribution in [-0.2, 0) is 0 Å². The Hall–Kier alpha value is -0.910. The predicted molar refractivity (Wildman–Crippen MR) is 59.0 cm³/mol. The molecule has 2 aliphatic rings. The lowest BCUT2D eigenvalue weighted by atomic mass is 9.83. The highest BCUT2D eigenvalue weighted by Crippen LogP contribution is 2.52. The zero-order chi connectivity index (χ0) is 9.54. The zero-order valence-corrected chi connectivity index (χ0v) is 8.79. The molecule has 14 heavy (non-hydrogen) atoms. The molecule has 1 aromatic rings. The van der Waals surface area contributed by atoms with Gasteiger partial charge >= 0.3 is 0 Å². The van der Waals surface area contributed by atoms with Crippen LogP contribution in [-0.4, -0.2) is 0 Å². The van der Waals surface area contributed by atoms with E-state index in [1.54, 1.807) is 5.92 Å². The van der Waals surface area contributed by atoms with Crippen molar-refractivity contribution in [2.75, 3.05) is 0 Å². The van der Waals surface area contributed by atoms with Crippen LogP contribution in [0.25, 0.3) is 0 Å². The summed E-state index contributed by atoms with van der Waals surface area (Å²) in [4.78, 5) is 0. The van der Waals surface area contributed by atoms with Crippen LogP contribution in [0.15, 0.2) is 24.3 Å². The molecular weight excluding hydrogens is 168 g/mol. The molecular formula is C14H17+. The molecule has 0 aliphatic heterocycles. The van der Waals surface area contributed by atoms with Crippen molar-refractivity contribution in [3.05, 3.63) is 41.3 Å². The van der Waals surface area contributed by atoms with Crippen molar-refractivity contribution in [3.8, 4) is 0 Å². The first kappa shape index (κ1) is 8.40. The van der Waals surface area contributed by atoms with Crippen molar-refractivity contribution in [2.24, 2.45) is 11.8 Å². The van der Waals surface area contributed by atoms with E-state index in [-0.39, 0.29) is 0 Å². The van der Waals surface area contributed by atoms with Gasteiger partial charge in [-0.1, -0.05) is 0 Å². The number of hydrogen-bond donors (Lipinski definition) is 0. The van der Waals surface area contributed by atoms with Crippen LogP contribution in [0.4, 0.5) is 0 Å². The molecule has 2 unspecified atom stereocenters. The van der Waals surface area contributed by atoms with E-state index in [1.807, 2.05) is 0 Å². The van der Waals surface area contributed by atoms with Crippen molar-refractivity contribution in [2.45, 2.75) is 32.6 Å².